The van der Waals surface area contributed by atoms with E-state index < -0.39 is 0 Å². The van der Waals surface area contributed by atoms with E-state index in [1.165, 1.54) is 16.7 Å². The topological polar surface area (TPSA) is 48.2 Å². The minimum atomic E-state index is 0.00461. The number of hydrogen-bond donors (Lipinski definition) is 0. The molecule has 1 aromatic heterocycles. The zero-order chi connectivity index (χ0) is 15.5. The van der Waals surface area contributed by atoms with Crippen molar-refractivity contribution >= 4 is 0 Å². The molecule has 4 rings (SSSR count). The lowest BCUT2D eigenvalue weighted by Gasteiger charge is -2.24. The zero-order valence-electron chi connectivity index (χ0n) is 12.8. The molecule has 1 atom stereocenters. The summed E-state index contributed by atoms with van der Waals surface area (Å²) in [5.74, 6) is 1.35. The molecule has 4 heteroatoms. The first-order valence-corrected chi connectivity index (χ1v) is 7.93. The molecule has 3 aromatic rings. The maximum absolute atomic E-state index is 5.91. The standard InChI is InChI=1S/C19H18N2O2/c1-2-6-14(7-3-1)12-18-20-19(23-21-18)13-17-16-9-5-4-8-15(16)10-11-22-17/h1-9,17H,10-13H2. The Morgan fingerprint density at radius 2 is 1.83 bits per heavy atom. The Balaban J connectivity index is 1.48. The van der Waals surface area contributed by atoms with Crippen LogP contribution in [0.2, 0.25) is 0 Å². The van der Waals surface area contributed by atoms with Crippen molar-refractivity contribution in [2.75, 3.05) is 6.61 Å². The van der Waals surface area contributed by atoms with Gasteiger partial charge in [-0.3, -0.25) is 0 Å². The molecule has 0 aliphatic carbocycles. The highest BCUT2D eigenvalue weighted by Gasteiger charge is 2.23. The van der Waals surface area contributed by atoms with E-state index in [0.717, 1.165) is 18.9 Å². The molecule has 4 nitrogen and oxygen atoms in total. The Bertz CT molecular complexity index is 783. The summed E-state index contributed by atoms with van der Waals surface area (Å²) < 4.78 is 11.3. The normalized spacial score (nSPS) is 17.0. The van der Waals surface area contributed by atoms with Gasteiger partial charge in [-0.15, -0.1) is 0 Å². The summed E-state index contributed by atoms with van der Waals surface area (Å²) in [6, 6.07) is 18.6. The van der Waals surface area contributed by atoms with Crippen LogP contribution < -0.4 is 0 Å². The average Bonchev–Trinajstić information content (AvgIpc) is 3.03. The molecular formula is C19H18N2O2. The van der Waals surface area contributed by atoms with Gasteiger partial charge in [-0.25, -0.2) is 0 Å². The molecule has 0 N–H and O–H groups in total. The van der Waals surface area contributed by atoms with Gasteiger partial charge in [-0.2, -0.15) is 4.98 Å². The highest BCUT2D eigenvalue weighted by Crippen LogP contribution is 2.29. The number of fused-ring (bicyclic) bond motifs is 1. The average molecular weight is 306 g/mol. The summed E-state index contributed by atoms with van der Waals surface area (Å²) in [6.45, 7) is 0.743. The predicted octanol–water partition coefficient (Wildman–Crippen LogP) is 3.52. The highest BCUT2D eigenvalue weighted by atomic mass is 16.5. The molecule has 0 amide bonds. The second kappa shape index (κ2) is 6.34. The first-order chi connectivity index (χ1) is 11.4. The van der Waals surface area contributed by atoms with Gasteiger partial charge in [0.2, 0.25) is 5.89 Å². The minimum absolute atomic E-state index is 0.00461. The van der Waals surface area contributed by atoms with Gasteiger partial charge < -0.3 is 9.26 Å². The van der Waals surface area contributed by atoms with E-state index in [0.29, 0.717) is 18.7 Å². The van der Waals surface area contributed by atoms with Crippen LogP contribution in [0, 0.1) is 0 Å². The van der Waals surface area contributed by atoms with Crippen molar-refractivity contribution in [1.29, 1.82) is 0 Å². The number of ether oxygens (including phenoxy) is 1. The van der Waals surface area contributed by atoms with Gasteiger partial charge in [0, 0.05) is 6.42 Å². The van der Waals surface area contributed by atoms with Crippen LogP contribution in [0.5, 0.6) is 0 Å². The van der Waals surface area contributed by atoms with Crippen LogP contribution in [0.4, 0.5) is 0 Å². The van der Waals surface area contributed by atoms with Crippen molar-refractivity contribution in [3.63, 3.8) is 0 Å². The zero-order valence-corrected chi connectivity index (χ0v) is 12.8. The fourth-order valence-corrected chi connectivity index (χ4v) is 3.03. The Hall–Kier alpha value is -2.46. The Labute approximate surface area is 135 Å². The molecule has 0 saturated carbocycles. The van der Waals surface area contributed by atoms with E-state index in [9.17, 15) is 0 Å². The van der Waals surface area contributed by atoms with Crippen LogP contribution in [0.3, 0.4) is 0 Å². The maximum atomic E-state index is 5.91. The van der Waals surface area contributed by atoms with E-state index in [1.54, 1.807) is 0 Å². The molecule has 1 unspecified atom stereocenters. The lowest BCUT2D eigenvalue weighted by Crippen LogP contribution is -2.18. The quantitative estimate of drug-likeness (QED) is 0.740. The molecular weight excluding hydrogens is 288 g/mol. The van der Waals surface area contributed by atoms with Gasteiger partial charge in [0.1, 0.15) is 0 Å². The summed E-state index contributed by atoms with van der Waals surface area (Å²) in [5, 5.41) is 4.09. The number of benzene rings is 2. The van der Waals surface area contributed by atoms with Crippen molar-refractivity contribution in [1.82, 2.24) is 10.1 Å². The SMILES string of the molecule is c1ccc(Cc2noc(CC3OCCc4ccccc43)n2)cc1. The molecule has 0 spiro atoms. The van der Waals surface area contributed by atoms with Gasteiger partial charge >= 0.3 is 0 Å². The van der Waals surface area contributed by atoms with E-state index in [-0.39, 0.29) is 6.10 Å². The number of rotatable bonds is 4. The number of aromatic nitrogens is 2. The summed E-state index contributed by atoms with van der Waals surface area (Å²) >= 11 is 0. The third kappa shape index (κ3) is 3.17. The third-order valence-corrected chi connectivity index (χ3v) is 4.17. The van der Waals surface area contributed by atoms with Gasteiger partial charge in [-0.05, 0) is 23.1 Å². The fraction of sp³-hybridized carbons (Fsp3) is 0.263. The number of hydrogen-bond acceptors (Lipinski definition) is 4. The van der Waals surface area contributed by atoms with Gasteiger partial charge in [-0.1, -0.05) is 59.8 Å². The van der Waals surface area contributed by atoms with Crippen molar-refractivity contribution in [3.05, 3.63) is 83.0 Å². The van der Waals surface area contributed by atoms with E-state index in [4.69, 9.17) is 9.26 Å². The van der Waals surface area contributed by atoms with Gasteiger partial charge in [0.05, 0.1) is 19.1 Å². The number of nitrogens with zero attached hydrogens (tertiary/aromatic N) is 2. The van der Waals surface area contributed by atoms with Crippen molar-refractivity contribution in [3.8, 4) is 0 Å². The molecule has 0 bridgehead atoms. The van der Waals surface area contributed by atoms with Crippen LogP contribution in [0.25, 0.3) is 0 Å². The summed E-state index contributed by atoms with van der Waals surface area (Å²) in [5.41, 5.74) is 3.77. The van der Waals surface area contributed by atoms with E-state index >= 15 is 0 Å². The van der Waals surface area contributed by atoms with E-state index in [2.05, 4.69) is 46.5 Å². The first kappa shape index (κ1) is 14.2. The van der Waals surface area contributed by atoms with Crippen molar-refractivity contribution < 1.29 is 9.26 Å². The Morgan fingerprint density at radius 1 is 1.00 bits per heavy atom. The monoisotopic (exact) mass is 306 g/mol. The Morgan fingerprint density at radius 3 is 2.74 bits per heavy atom. The minimum Gasteiger partial charge on any atom is -0.373 e. The Kier molecular flexibility index (Phi) is 3.90. The molecule has 1 aliphatic rings. The van der Waals surface area contributed by atoms with Crippen molar-refractivity contribution in [2.45, 2.75) is 25.4 Å². The lowest BCUT2D eigenvalue weighted by molar-refractivity contribution is 0.0375. The highest BCUT2D eigenvalue weighted by molar-refractivity contribution is 5.31. The molecule has 2 heterocycles. The second-order valence-corrected chi connectivity index (χ2v) is 5.78. The molecule has 116 valence electrons. The van der Waals surface area contributed by atoms with E-state index in [1.807, 2.05) is 18.2 Å². The van der Waals surface area contributed by atoms with Crippen LogP contribution in [0.15, 0.2) is 59.1 Å². The van der Waals surface area contributed by atoms with Crippen LogP contribution in [-0.2, 0) is 24.0 Å². The summed E-state index contributed by atoms with van der Waals surface area (Å²) in [4.78, 5) is 4.51. The maximum Gasteiger partial charge on any atom is 0.229 e. The molecule has 0 radical (unpaired) electrons. The molecule has 23 heavy (non-hydrogen) atoms. The summed E-state index contributed by atoms with van der Waals surface area (Å²) in [6.07, 6.45) is 2.28. The third-order valence-electron chi connectivity index (χ3n) is 4.17. The van der Waals surface area contributed by atoms with Crippen LogP contribution >= 0.6 is 0 Å². The smallest absolute Gasteiger partial charge is 0.229 e. The fourth-order valence-electron chi connectivity index (χ4n) is 3.03. The molecule has 0 fully saturated rings. The second-order valence-electron chi connectivity index (χ2n) is 5.78. The molecule has 0 saturated heterocycles. The largest absolute Gasteiger partial charge is 0.373 e. The predicted molar refractivity (Wildman–Crippen MR) is 86.1 cm³/mol. The summed E-state index contributed by atoms with van der Waals surface area (Å²) in [7, 11) is 0. The van der Waals surface area contributed by atoms with Gasteiger partial charge in [0.25, 0.3) is 0 Å². The van der Waals surface area contributed by atoms with Gasteiger partial charge in [0.15, 0.2) is 5.82 Å². The van der Waals surface area contributed by atoms with Crippen molar-refractivity contribution in [2.24, 2.45) is 0 Å². The molecule has 1 aliphatic heterocycles. The first-order valence-electron chi connectivity index (χ1n) is 7.93. The van der Waals surface area contributed by atoms with Crippen LogP contribution in [-0.4, -0.2) is 16.7 Å². The lowest BCUT2D eigenvalue weighted by atomic mass is 9.96. The molecule has 2 aromatic carbocycles. The van der Waals surface area contributed by atoms with Crippen LogP contribution in [0.1, 0.15) is 34.5 Å².